The Labute approximate surface area is 146 Å². The number of amides is 1. The molecule has 3 N–H and O–H groups in total. The Bertz CT molecular complexity index is 776. The summed E-state index contributed by atoms with van der Waals surface area (Å²) in [6, 6.07) is 16.0. The van der Waals surface area contributed by atoms with Gasteiger partial charge in [-0.05, 0) is 41.7 Å². The summed E-state index contributed by atoms with van der Waals surface area (Å²) in [6.07, 6.45) is -0.657. The van der Waals surface area contributed by atoms with Gasteiger partial charge in [-0.15, -0.1) is 0 Å². The van der Waals surface area contributed by atoms with E-state index in [0.717, 1.165) is 5.56 Å². The molecule has 5 heteroatoms. The quantitative estimate of drug-likeness (QED) is 0.793. The van der Waals surface area contributed by atoms with E-state index in [9.17, 15) is 20.1 Å². The van der Waals surface area contributed by atoms with E-state index >= 15 is 0 Å². The third-order valence-corrected chi connectivity index (χ3v) is 5.80. The Morgan fingerprint density at radius 3 is 2.44 bits per heavy atom. The predicted molar refractivity (Wildman–Crippen MR) is 92.2 cm³/mol. The topological polar surface area (TPSA) is 81.0 Å². The van der Waals surface area contributed by atoms with Crippen molar-refractivity contribution in [1.82, 2.24) is 4.90 Å². The minimum absolute atomic E-state index is 0.00212. The van der Waals surface area contributed by atoms with Crippen molar-refractivity contribution in [2.45, 2.75) is 12.0 Å². The fourth-order valence-electron chi connectivity index (χ4n) is 4.51. The molecular weight excluding hydrogens is 318 g/mol. The number of aliphatic hydroxyl groups excluding tert-OH is 2. The van der Waals surface area contributed by atoms with Crippen molar-refractivity contribution >= 4 is 5.91 Å². The zero-order valence-electron chi connectivity index (χ0n) is 13.7. The number of benzene rings is 2. The van der Waals surface area contributed by atoms with E-state index in [0.29, 0.717) is 12.1 Å². The van der Waals surface area contributed by atoms with Gasteiger partial charge in [0.1, 0.15) is 5.75 Å². The molecule has 0 unspecified atom stereocenters. The highest BCUT2D eigenvalue weighted by Gasteiger charge is 2.71. The number of rotatable bonds is 3. The number of likely N-dealkylation sites (tertiary alicyclic amines) is 1. The number of aromatic hydroxyl groups is 1. The summed E-state index contributed by atoms with van der Waals surface area (Å²) in [5.74, 6) is -0.0266. The molecular formula is C20H21NO4. The van der Waals surface area contributed by atoms with Crippen LogP contribution in [0, 0.1) is 11.3 Å². The van der Waals surface area contributed by atoms with Gasteiger partial charge in [0.2, 0.25) is 0 Å². The molecule has 4 atom stereocenters. The minimum Gasteiger partial charge on any atom is -0.508 e. The largest absolute Gasteiger partial charge is 0.508 e. The van der Waals surface area contributed by atoms with Crippen molar-refractivity contribution in [2.75, 3.05) is 19.7 Å². The number of phenolic OH excluding ortho intramolecular Hbond substituents is 1. The summed E-state index contributed by atoms with van der Waals surface area (Å²) < 4.78 is 0. The van der Waals surface area contributed by atoms with E-state index in [1.807, 2.05) is 30.3 Å². The molecule has 1 saturated carbocycles. The summed E-state index contributed by atoms with van der Waals surface area (Å²) in [5, 5.41) is 29.9. The lowest BCUT2D eigenvalue weighted by Crippen LogP contribution is -2.29. The van der Waals surface area contributed by atoms with Crippen LogP contribution in [0.5, 0.6) is 5.75 Å². The maximum Gasteiger partial charge on any atom is 0.253 e. The number of aliphatic hydroxyl groups is 2. The number of carbonyl (C=O) groups excluding carboxylic acids is 1. The third-order valence-electron chi connectivity index (χ3n) is 5.80. The zero-order chi connectivity index (χ0) is 17.6. The number of β-amino-alcohol motifs (C(OH)–C–C–N with tert-alkyl or cyclic N) is 1. The molecule has 0 aromatic heterocycles. The minimum atomic E-state index is -0.657. The first-order valence-electron chi connectivity index (χ1n) is 8.50. The van der Waals surface area contributed by atoms with Crippen LogP contribution in [0.2, 0.25) is 0 Å². The first-order valence-corrected chi connectivity index (χ1v) is 8.50. The highest BCUT2D eigenvalue weighted by atomic mass is 16.3. The smallest absolute Gasteiger partial charge is 0.253 e. The lowest BCUT2D eigenvalue weighted by molar-refractivity contribution is 0.0764. The van der Waals surface area contributed by atoms with Crippen molar-refractivity contribution in [2.24, 2.45) is 11.3 Å². The molecule has 25 heavy (non-hydrogen) atoms. The predicted octanol–water partition coefficient (Wildman–Crippen LogP) is 1.60. The molecule has 1 aliphatic heterocycles. The van der Waals surface area contributed by atoms with Crippen LogP contribution in [-0.4, -0.2) is 51.9 Å². The summed E-state index contributed by atoms with van der Waals surface area (Å²) in [4.78, 5) is 14.4. The fourth-order valence-corrected chi connectivity index (χ4v) is 4.51. The molecule has 0 bridgehead atoms. The van der Waals surface area contributed by atoms with Gasteiger partial charge >= 0.3 is 0 Å². The number of hydrogen-bond donors (Lipinski definition) is 3. The van der Waals surface area contributed by atoms with E-state index in [-0.39, 0.29) is 36.6 Å². The second kappa shape index (κ2) is 5.86. The average molecular weight is 339 g/mol. The second-order valence-corrected chi connectivity index (χ2v) is 7.04. The summed E-state index contributed by atoms with van der Waals surface area (Å²) in [5.41, 5.74) is 1.11. The lowest BCUT2D eigenvalue weighted by Gasteiger charge is -2.17. The van der Waals surface area contributed by atoms with E-state index in [1.54, 1.807) is 17.0 Å². The van der Waals surface area contributed by atoms with Crippen LogP contribution in [0.4, 0.5) is 0 Å². The van der Waals surface area contributed by atoms with Gasteiger partial charge in [0.25, 0.3) is 5.91 Å². The van der Waals surface area contributed by atoms with Gasteiger partial charge in [0.05, 0.1) is 6.10 Å². The van der Waals surface area contributed by atoms with Gasteiger partial charge in [-0.2, -0.15) is 0 Å². The highest BCUT2D eigenvalue weighted by Crippen LogP contribution is 2.68. The zero-order valence-corrected chi connectivity index (χ0v) is 13.7. The van der Waals surface area contributed by atoms with Crippen molar-refractivity contribution in [1.29, 1.82) is 0 Å². The molecule has 2 fully saturated rings. The highest BCUT2D eigenvalue weighted by molar-refractivity contribution is 5.94. The van der Waals surface area contributed by atoms with Crippen LogP contribution in [0.25, 0.3) is 0 Å². The molecule has 1 heterocycles. The van der Waals surface area contributed by atoms with Gasteiger partial charge in [-0.25, -0.2) is 0 Å². The molecule has 2 aromatic carbocycles. The van der Waals surface area contributed by atoms with E-state index in [4.69, 9.17) is 0 Å². The summed E-state index contributed by atoms with van der Waals surface area (Å²) in [7, 11) is 0. The van der Waals surface area contributed by atoms with Crippen LogP contribution in [0.3, 0.4) is 0 Å². The molecule has 5 nitrogen and oxygen atoms in total. The fraction of sp³-hybridized carbons (Fsp3) is 0.350. The molecule has 1 aliphatic carbocycles. The van der Waals surface area contributed by atoms with Gasteiger partial charge in [-0.3, -0.25) is 4.79 Å². The summed E-state index contributed by atoms with van der Waals surface area (Å²) in [6.45, 7) is 0.691. The van der Waals surface area contributed by atoms with E-state index in [1.165, 1.54) is 12.1 Å². The van der Waals surface area contributed by atoms with Gasteiger partial charge in [-0.1, -0.05) is 30.3 Å². The van der Waals surface area contributed by atoms with E-state index in [2.05, 4.69) is 0 Å². The van der Waals surface area contributed by atoms with E-state index < -0.39 is 11.5 Å². The second-order valence-electron chi connectivity index (χ2n) is 7.04. The van der Waals surface area contributed by atoms with Gasteiger partial charge in [0, 0.05) is 30.7 Å². The molecule has 1 amide bonds. The number of carbonyl (C=O) groups is 1. The standard InChI is InChI=1S/C20H21NO4/c22-11-16-18(13-4-2-1-3-5-13)20(16)12-21(10-17(20)24)19(25)14-6-8-15(23)9-7-14/h1-9,16-18,22-24H,10-12H2/t16-,17-,18-,20-/m1/s1. The van der Waals surface area contributed by atoms with Crippen LogP contribution >= 0.6 is 0 Å². The molecule has 2 aliphatic rings. The number of nitrogens with zero attached hydrogens (tertiary/aromatic N) is 1. The SMILES string of the molecule is O=C(c1ccc(O)cc1)N1C[C@@H](O)[C@@]2(C1)[C@H](CO)[C@H]2c1ccccc1. The van der Waals surface area contributed by atoms with Crippen LogP contribution < -0.4 is 0 Å². The average Bonchev–Trinajstić information content (AvgIpc) is 3.17. The van der Waals surface area contributed by atoms with Crippen molar-refractivity contribution in [3.8, 4) is 5.75 Å². The van der Waals surface area contributed by atoms with Crippen molar-refractivity contribution in [3.05, 3.63) is 65.7 Å². The summed E-state index contributed by atoms with van der Waals surface area (Å²) >= 11 is 0. The normalized spacial score (nSPS) is 30.6. The number of hydrogen-bond acceptors (Lipinski definition) is 4. The Morgan fingerprint density at radius 2 is 1.80 bits per heavy atom. The van der Waals surface area contributed by atoms with Crippen molar-refractivity contribution in [3.63, 3.8) is 0 Å². The lowest BCUT2D eigenvalue weighted by atomic mass is 9.95. The van der Waals surface area contributed by atoms with Gasteiger partial charge < -0.3 is 20.2 Å². The molecule has 1 saturated heterocycles. The Kier molecular flexibility index (Phi) is 3.78. The van der Waals surface area contributed by atoms with Gasteiger partial charge in [0.15, 0.2) is 0 Å². The number of phenols is 1. The first-order chi connectivity index (χ1) is 12.1. The maximum absolute atomic E-state index is 12.7. The third kappa shape index (κ3) is 2.42. The monoisotopic (exact) mass is 339 g/mol. The van der Waals surface area contributed by atoms with Crippen LogP contribution in [-0.2, 0) is 0 Å². The Hall–Kier alpha value is -2.37. The van der Waals surface area contributed by atoms with Crippen LogP contribution in [0.15, 0.2) is 54.6 Å². The Morgan fingerprint density at radius 1 is 1.12 bits per heavy atom. The van der Waals surface area contributed by atoms with Crippen LogP contribution in [0.1, 0.15) is 21.8 Å². The molecule has 4 rings (SSSR count). The molecule has 1 spiro atoms. The molecule has 2 aromatic rings. The molecule has 130 valence electrons. The first kappa shape index (κ1) is 16.1. The Balaban J connectivity index is 1.59. The maximum atomic E-state index is 12.7. The van der Waals surface area contributed by atoms with Crippen molar-refractivity contribution < 1.29 is 20.1 Å². The molecule has 0 radical (unpaired) electrons.